The van der Waals surface area contributed by atoms with Crippen molar-refractivity contribution in [2.24, 2.45) is 5.41 Å². The molecule has 0 atom stereocenters. The molecule has 0 N–H and O–H groups in total. The molecule has 2 fully saturated rings. The molecule has 2 heterocycles. The van der Waals surface area contributed by atoms with Crippen molar-refractivity contribution < 1.29 is 9.47 Å². The Bertz CT molecular complexity index is 760. The van der Waals surface area contributed by atoms with E-state index in [4.69, 9.17) is 9.47 Å². The molecule has 0 radical (unpaired) electrons. The summed E-state index contributed by atoms with van der Waals surface area (Å²) < 4.78 is 10.9. The van der Waals surface area contributed by atoms with E-state index in [9.17, 15) is 0 Å². The summed E-state index contributed by atoms with van der Waals surface area (Å²) in [5, 5.41) is 0. The monoisotopic (exact) mass is 441 g/mol. The number of nitrogens with zero attached hydrogens (tertiary/aromatic N) is 3. The van der Waals surface area contributed by atoms with Crippen LogP contribution < -0.4 is 9.80 Å². The minimum atomic E-state index is 0.512. The van der Waals surface area contributed by atoms with E-state index in [2.05, 4.69) is 52.8 Å². The van der Waals surface area contributed by atoms with Crippen LogP contribution >= 0.6 is 0 Å². The minimum Gasteiger partial charge on any atom is -0.383 e. The van der Waals surface area contributed by atoms with Gasteiger partial charge in [-0.15, -0.1) is 0 Å². The third kappa shape index (κ3) is 5.32. The van der Waals surface area contributed by atoms with E-state index in [1.807, 2.05) is 0 Å². The molecule has 0 aromatic heterocycles. The van der Waals surface area contributed by atoms with Crippen LogP contribution in [0.15, 0.2) is 24.3 Å². The highest BCUT2D eigenvalue weighted by molar-refractivity contribution is 5.80. The lowest BCUT2D eigenvalue weighted by Gasteiger charge is -2.39. The molecule has 2 saturated heterocycles. The summed E-state index contributed by atoms with van der Waals surface area (Å²) in [6.45, 7) is 14.7. The fourth-order valence-corrected chi connectivity index (χ4v) is 5.59. The summed E-state index contributed by atoms with van der Waals surface area (Å²) in [7, 11) is 1.79. The van der Waals surface area contributed by atoms with Crippen molar-refractivity contribution in [2.45, 2.75) is 46.0 Å². The lowest BCUT2D eigenvalue weighted by molar-refractivity contribution is 0.122. The highest BCUT2D eigenvalue weighted by atomic mass is 16.5. The molecule has 32 heavy (non-hydrogen) atoms. The highest BCUT2D eigenvalue weighted by Crippen LogP contribution is 2.45. The van der Waals surface area contributed by atoms with Crippen molar-refractivity contribution in [1.82, 2.24) is 4.90 Å². The van der Waals surface area contributed by atoms with Gasteiger partial charge < -0.3 is 19.3 Å². The van der Waals surface area contributed by atoms with Crippen LogP contribution in [0.25, 0.3) is 5.57 Å². The molecule has 0 amide bonds. The van der Waals surface area contributed by atoms with Gasteiger partial charge in [0, 0.05) is 69.9 Å². The van der Waals surface area contributed by atoms with Gasteiger partial charge in [0.05, 0.1) is 19.8 Å². The molecule has 0 bridgehead atoms. The van der Waals surface area contributed by atoms with Crippen molar-refractivity contribution in [3.05, 3.63) is 29.8 Å². The van der Waals surface area contributed by atoms with Gasteiger partial charge >= 0.3 is 0 Å². The molecule has 1 aliphatic carbocycles. The topological polar surface area (TPSA) is 28.2 Å². The standard InChI is InChI=1S/C27H43N3O2/c1-4-27(5-2)10-8-23(9-11-27)25-22-24(29-17-20-32-21-18-29)6-7-26(25)30-14-12-28(13-15-30)16-19-31-3/h6-8,22H,4-5,9-21H2,1-3H3. The van der Waals surface area contributed by atoms with Crippen LogP contribution in [0.2, 0.25) is 0 Å². The van der Waals surface area contributed by atoms with Gasteiger partial charge in [-0.3, -0.25) is 4.90 Å². The molecule has 1 aromatic carbocycles. The van der Waals surface area contributed by atoms with E-state index in [1.54, 1.807) is 12.7 Å². The van der Waals surface area contributed by atoms with Crippen LogP contribution in [0, 0.1) is 5.41 Å². The summed E-state index contributed by atoms with van der Waals surface area (Å²) in [4.78, 5) is 7.63. The number of allylic oxidation sites excluding steroid dienone is 2. The number of ether oxygens (including phenoxy) is 2. The summed E-state index contributed by atoms with van der Waals surface area (Å²) >= 11 is 0. The van der Waals surface area contributed by atoms with E-state index >= 15 is 0 Å². The van der Waals surface area contributed by atoms with E-state index in [-0.39, 0.29) is 0 Å². The van der Waals surface area contributed by atoms with Gasteiger partial charge in [-0.05, 0) is 48.4 Å². The third-order valence-electron chi connectivity index (χ3n) is 8.23. The first-order valence-corrected chi connectivity index (χ1v) is 12.8. The number of piperazine rings is 1. The maximum atomic E-state index is 5.60. The normalized spacial score (nSPS) is 22.2. The first-order chi connectivity index (χ1) is 15.7. The molecule has 1 aromatic rings. The molecule has 0 spiro atoms. The maximum Gasteiger partial charge on any atom is 0.0642 e. The Morgan fingerprint density at radius 2 is 1.72 bits per heavy atom. The van der Waals surface area contributed by atoms with Gasteiger partial charge in [0.2, 0.25) is 0 Å². The number of hydrogen-bond acceptors (Lipinski definition) is 5. The quantitative estimate of drug-likeness (QED) is 0.585. The second-order valence-electron chi connectivity index (χ2n) is 9.76. The molecule has 3 aliphatic rings. The second kappa shape index (κ2) is 11.0. The number of benzene rings is 1. The fourth-order valence-electron chi connectivity index (χ4n) is 5.59. The summed E-state index contributed by atoms with van der Waals surface area (Å²) in [6.07, 6.45) is 8.90. The summed E-state index contributed by atoms with van der Waals surface area (Å²) in [6, 6.07) is 7.22. The van der Waals surface area contributed by atoms with Crippen LogP contribution in [0.3, 0.4) is 0 Å². The van der Waals surface area contributed by atoms with Crippen molar-refractivity contribution in [1.29, 1.82) is 0 Å². The van der Waals surface area contributed by atoms with Crippen LogP contribution in [0.4, 0.5) is 11.4 Å². The van der Waals surface area contributed by atoms with Crippen molar-refractivity contribution in [2.75, 3.05) is 82.5 Å². The SMILES string of the molecule is CCC1(CC)CC=C(c2cc(N3CCOCC3)ccc2N2CCN(CCOC)CC2)CC1. The third-order valence-corrected chi connectivity index (χ3v) is 8.23. The zero-order chi connectivity index (χ0) is 22.4. The zero-order valence-electron chi connectivity index (χ0n) is 20.6. The number of methoxy groups -OCH3 is 1. The van der Waals surface area contributed by atoms with Crippen molar-refractivity contribution >= 4 is 16.9 Å². The Morgan fingerprint density at radius 1 is 0.969 bits per heavy atom. The van der Waals surface area contributed by atoms with Crippen LogP contribution in [-0.4, -0.2) is 77.6 Å². The molecule has 5 nitrogen and oxygen atoms in total. The predicted molar refractivity (Wildman–Crippen MR) is 135 cm³/mol. The molecular weight excluding hydrogens is 398 g/mol. The summed E-state index contributed by atoms with van der Waals surface area (Å²) in [5.74, 6) is 0. The number of anilines is 2. The molecule has 0 unspecified atom stereocenters. The Kier molecular flexibility index (Phi) is 8.14. The smallest absolute Gasteiger partial charge is 0.0642 e. The zero-order valence-corrected chi connectivity index (χ0v) is 20.6. The van der Waals surface area contributed by atoms with Gasteiger partial charge in [0.25, 0.3) is 0 Å². The molecule has 178 valence electrons. The molecule has 2 aliphatic heterocycles. The van der Waals surface area contributed by atoms with Gasteiger partial charge in [-0.1, -0.05) is 32.8 Å². The fraction of sp³-hybridized carbons (Fsp3) is 0.704. The van der Waals surface area contributed by atoms with E-state index in [0.29, 0.717) is 5.41 Å². The predicted octanol–water partition coefficient (Wildman–Crippen LogP) is 4.67. The lowest BCUT2D eigenvalue weighted by Crippen LogP contribution is -2.47. The van der Waals surface area contributed by atoms with E-state index in [1.165, 1.54) is 49.0 Å². The summed E-state index contributed by atoms with van der Waals surface area (Å²) in [5.41, 5.74) is 6.34. The Labute approximate surface area is 195 Å². The Hall–Kier alpha value is -1.56. The number of rotatable bonds is 8. The average molecular weight is 442 g/mol. The van der Waals surface area contributed by atoms with Gasteiger partial charge in [0.1, 0.15) is 0 Å². The van der Waals surface area contributed by atoms with E-state index < -0.39 is 0 Å². The van der Waals surface area contributed by atoms with Gasteiger partial charge in [-0.2, -0.15) is 0 Å². The highest BCUT2D eigenvalue weighted by Gasteiger charge is 2.30. The largest absolute Gasteiger partial charge is 0.383 e. The number of morpholine rings is 1. The molecular formula is C27H43N3O2. The van der Waals surface area contributed by atoms with E-state index in [0.717, 1.165) is 65.6 Å². The second-order valence-corrected chi connectivity index (χ2v) is 9.76. The average Bonchev–Trinajstić information content (AvgIpc) is 2.88. The van der Waals surface area contributed by atoms with Crippen LogP contribution in [0.1, 0.15) is 51.5 Å². The van der Waals surface area contributed by atoms with Crippen LogP contribution in [0.5, 0.6) is 0 Å². The first kappa shape index (κ1) is 23.6. The van der Waals surface area contributed by atoms with Gasteiger partial charge in [-0.25, -0.2) is 0 Å². The molecule has 0 saturated carbocycles. The Morgan fingerprint density at radius 3 is 2.34 bits per heavy atom. The van der Waals surface area contributed by atoms with Crippen molar-refractivity contribution in [3.8, 4) is 0 Å². The number of hydrogen-bond donors (Lipinski definition) is 0. The maximum absolute atomic E-state index is 5.60. The van der Waals surface area contributed by atoms with Crippen molar-refractivity contribution in [3.63, 3.8) is 0 Å². The first-order valence-electron chi connectivity index (χ1n) is 12.8. The molecule has 4 rings (SSSR count). The van der Waals surface area contributed by atoms with Gasteiger partial charge in [0.15, 0.2) is 0 Å². The van der Waals surface area contributed by atoms with Crippen LogP contribution in [-0.2, 0) is 9.47 Å². The lowest BCUT2D eigenvalue weighted by atomic mass is 9.70. The minimum absolute atomic E-state index is 0.512. The Balaban J connectivity index is 1.58. The molecule has 5 heteroatoms.